The van der Waals surface area contributed by atoms with Gasteiger partial charge in [0.05, 0.1) is 11.4 Å². The molecule has 0 bridgehead atoms. The zero-order valence-electron chi connectivity index (χ0n) is 11.5. The molecule has 0 aromatic carbocycles. The number of hydrogen-bond acceptors (Lipinski definition) is 3. The van der Waals surface area contributed by atoms with E-state index in [1.807, 2.05) is 7.05 Å². The highest BCUT2D eigenvalue weighted by Crippen LogP contribution is 2.23. The first kappa shape index (κ1) is 12.6. The summed E-state index contributed by atoms with van der Waals surface area (Å²) in [4.78, 5) is 7.24. The molecule has 1 aliphatic heterocycles. The van der Waals surface area contributed by atoms with Crippen LogP contribution in [0.4, 0.5) is 0 Å². The minimum atomic E-state index is 0.514. The van der Waals surface area contributed by atoms with Gasteiger partial charge in [-0.15, -0.1) is 0 Å². The van der Waals surface area contributed by atoms with Gasteiger partial charge in [-0.25, -0.2) is 4.98 Å². The first-order valence-electron chi connectivity index (χ1n) is 6.54. The van der Waals surface area contributed by atoms with Crippen molar-refractivity contribution in [2.75, 3.05) is 27.2 Å². The summed E-state index contributed by atoms with van der Waals surface area (Å²) in [5, 5.41) is 3.21. The lowest BCUT2D eigenvalue weighted by Crippen LogP contribution is -2.31. The number of aromatic nitrogens is 2. The van der Waals surface area contributed by atoms with Crippen LogP contribution in [0, 0.1) is 0 Å². The minimum absolute atomic E-state index is 0.514. The fourth-order valence-corrected chi connectivity index (χ4v) is 2.47. The van der Waals surface area contributed by atoms with Gasteiger partial charge in [-0.05, 0) is 14.1 Å². The van der Waals surface area contributed by atoms with E-state index < -0.39 is 0 Å². The van der Waals surface area contributed by atoms with E-state index in [0.717, 1.165) is 32.6 Å². The van der Waals surface area contributed by atoms with Crippen LogP contribution in [-0.4, -0.2) is 41.6 Å². The number of imidazole rings is 1. The Morgan fingerprint density at radius 2 is 2.12 bits per heavy atom. The molecule has 0 amide bonds. The monoisotopic (exact) mass is 236 g/mol. The maximum atomic E-state index is 4.86. The highest BCUT2D eigenvalue weighted by Gasteiger charge is 2.22. The van der Waals surface area contributed by atoms with Gasteiger partial charge in [0.15, 0.2) is 0 Å². The second kappa shape index (κ2) is 5.19. The number of nitrogens with one attached hydrogen (secondary N) is 1. The SMILES string of the molecule is CNCCc1nc(C(C)C)n2c1CN(C)CC2. The molecule has 1 aliphatic rings. The van der Waals surface area contributed by atoms with Gasteiger partial charge in [-0.3, -0.25) is 4.90 Å². The van der Waals surface area contributed by atoms with E-state index in [-0.39, 0.29) is 0 Å². The van der Waals surface area contributed by atoms with Crippen LogP contribution in [0.2, 0.25) is 0 Å². The van der Waals surface area contributed by atoms with Crippen molar-refractivity contribution in [3.05, 3.63) is 17.2 Å². The van der Waals surface area contributed by atoms with E-state index in [2.05, 4.69) is 35.7 Å². The van der Waals surface area contributed by atoms with Gasteiger partial charge >= 0.3 is 0 Å². The average Bonchev–Trinajstić information content (AvgIpc) is 2.64. The summed E-state index contributed by atoms with van der Waals surface area (Å²) >= 11 is 0. The van der Waals surface area contributed by atoms with Crippen molar-refractivity contribution in [2.45, 2.75) is 39.3 Å². The molecular formula is C13H24N4. The largest absolute Gasteiger partial charge is 0.329 e. The minimum Gasteiger partial charge on any atom is -0.329 e. The Kier molecular flexibility index (Phi) is 3.84. The number of nitrogens with zero attached hydrogens (tertiary/aromatic N) is 3. The van der Waals surface area contributed by atoms with Crippen molar-refractivity contribution in [3.8, 4) is 0 Å². The van der Waals surface area contributed by atoms with E-state index in [0.29, 0.717) is 5.92 Å². The van der Waals surface area contributed by atoms with E-state index in [1.165, 1.54) is 17.2 Å². The summed E-state index contributed by atoms with van der Waals surface area (Å²) in [5.74, 6) is 1.78. The van der Waals surface area contributed by atoms with E-state index in [4.69, 9.17) is 4.98 Å². The van der Waals surface area contributed by atoms with Gasteiger partial charge in [0, 0.05) is 38.5 Å². The average molecular weight is 236 g/mol. The Morgan fingerprint density at radius 3 is 2.76 bits per heavy atom. The summed E-state index contributed by atoms with van der Waals surface area (Å²) in [6.07, 6.45) is 1.03. The zero-order chi connectivity index (χ0) is 12.4. The van der Waals surface area contributed by atoms with Crippen molar-refractivity contribution < 1.29 is 0 Å². The van der Waals surface area contributed by atoms with Gasteiger partial charge in [0.2, 0.25) is 0 Å². The molecular weight excluding hydrogens is 212 g/mol. The summed E-state index contributed by atoms with van der Waals surface area (Å²) in [6, 6.07) is 0. The fraction of sp³-hybridized carbons (Fsp3) is 0.769. The molecule has 0 fully saturated rings. The molecule has 17 heavy (non-hydrogen) atoms. The van der Waals surface area contributed by atoms with Crippen molar-refractivity contribution >= 4 is 0 Å². The van der Waals surface area contributed by atoms with E-state index in [1.54, 1.807) is 0 Å². The third-order valence-corrected chi connectivity index (χ3v) is 3.44. The molecule has 0 unspecified atom stereocenters. The molecule has 1 N–H and O–H groups in total. The van der Waals surface area contributed by atoms with Crippen molar-refractivity contribution in [2.24, 2.45) is 0 Å². The zero-order valence-corrected chi connectivity index (χ0v) is 11.5. The Bertz CT molecular complexity index is 381. The van der Waals surface area contributed by atoms with Crippen LogP contribution in [0.3, 0.4) is 0 Å². The Balaban J connectivity index is 2.32. The maximum Gasteiger partial charge on any atom is 0.111 e. The van der Waals surface area contributed by atoms with Crippen LogP contribution >= 0.6 is 0 Å². The summed E-state index contributed by atoms with van der Waals surface area (Å²) in [6.45, 7) is 8.73. The number of hydrogen-bond donors (Lipinski definition) is 1. The first-order valence-corrected chi connectivity index (χ1v) is 6.54. The third kappa shape index (κ3) is 2.53. The number of fused-ring (bicyclic) bond motifs is 1. The molecule has 2 heterocycles. The molecule has 0 radical (unpaired) electrons. The molecule has 4 nitrogen and oxygen atoms in total. The van der Waals surface area contributed by atoms with Crippen LogP contribution in [-0.2, 0) is 19.5 Å². The van der Waals surface area contributed by atoms with E-state index in [9.17, 15) is 0 Å². The van der Waals surface area contributed by atoms with Gasteiger partial charge in [0.25, 0.3) is 0 Å². The second-order valence-electron chi connectivity index (χ2n) is 5.26. The summed E-state index contributed by atoms with van der Waals surface area (Å²) < 4.78 is 2.44. The number of rotatable bonds is 4. The normalized spacial score (nSPS) is 16.5. The van der Waals surface area contributed by atoms with Gasteiger partial charge in [0.1, 0.15) is 5.82 Å². The van der Waals surface area contributed by atoms with Crippen LogP contribution in [0.25, 0.3) is 0 Å². The lowest BCUT2D eigenvalue weighted by Gasteiger charge is -2.26. The molecule has 96 valence electrons. The molecule has 1 aromatic heterocycles. The summed E-state index contributed by atoms with van der Waals surface area (Å²) in [5.41, 5.74) is 2.72. The molecule has 4 heteroatoms. The lowest BCUT2D eigenvalue weighted by atomic mass is 10.2. The lowest BCUT2D eigenvalue weighted by molar-refractivity contribution is 0.265. The van der Waals surface area contributed by atoms with Gasteiger partial charge in [-0.2, -0.15) is 0 Å². The van der Waals surface area contributed by atoms with Crippen LogP contribution in [0.1, 0.15) is 37.0 Å². The molecule has 0 saturated heterocycles. The van der Waals surface area contributed by atoms with Crippen molar-refractivity contribution in [1.82, 2.24) is 19.8 Å². The van der Waals surface area contributed by atoms with Crippen LogP contribution in [0.15, 0.2) is 0 Å². The highest BCUT2D eigenvalue weighted by molar-refractivity contribution is 5.21. The molecule has 0 aliphatic carbocycles. The highest BCUT2D eigenvalue weighted by atomic mass is 15.2. The topological polar surface area (TPSA) is 33.1 Å². The molecule has 0 saturated carbocycles. The predicted molar refractivity (Wildman–Crippen MR) is 70.3 cm³/mol. The molecule has 0 spiro atoms. The van der Waals surface area contributed by atoms with Crippen molar-refractivity contribution in [3.63, 3.8) is 0 Å². The first-order chi connectivity index (χ1) is 8.13. The number of likely N-dealkylation sites (N-methyl/N-ethyl adjacent to an activating group) is 2. The molecule has 0 atom stereocenters. The van der Waals surface area contributed by atoms with Gasteiger partial charge < -0.3 is 9.88 Å². The second-order valence-corrected chi connectivity index (χ2v) is 5.26. The Labute approximate surface area is 104 Å². The third-order valence-electron chi connectivity index (χ3n) is 3.44. The van der Waals surface area contributed by atoms with Crippen LogP contribution < -0.4 is 5.32 Å². The predicted octanol–water partition coefficient (Wildman–Crippen LogP) is 1.21. The Morgan fingerprint density at radius 1 is 1.35 bits per heavy atom. The van der Waals surface area contributed by atoms with Crippen molar-refractivity contribution in [1.29, 1.82) is 0 Å². The molecule has 1 aromatic rings. The maximum absolute atomic E-state index is 4.86. The fourth-order valence-electron chi connectivity index (χ4n) is 2.47. The molecule has 2 rings (SSSR count). The van der Waals surface area contributed by atoms with Crippen LogP contribution in [0.5, 0.6) is 0 Å². The summed E-state index contributed by atoms with van der Waals surface area (Å²) in [7, 11) is 4.19. The smallest absolute Gasteiger partial charge is 0.111 e. The van der Waals surface area contributed by atoms with E-state index >= 15 is 0 Å². The quantitative estimate of drug-likeness (QED) is 0.853. The Hall–Kier alpha value is -0.870. The van der Waals surface area contributed by atoms with Gasteiger partial charge in [-0.1, -0.05) is 13.8 Å². The standard InChI is InChI=1S/C13H24N4/c1-10(2)13-15-11(5-6-14-3)12-9-16(4)7-8-17(12)13/h10,14H,5-9H2,1-4H3.